The molecular weight excluding hydrogens is 305 g/mol. The van der Waals surface area contributed by atoms with Gasteiger partial charge >= 0.3 is 0 Å². The van der Waals surface area contributed by atoms with Gasteiger partial charge in [-0.3, -0.25) is 0 Å². The lowest BCUT2D eigenvalue weighted by Gasteiger charge is -2.06. The molecule has 0 fully saturated rings. The van der Waals surface area contributed by atoms with Gasteiger partial charge in [0.1, 0.15) is 5.82 Å². The number of imidazole rings is 1. The first-order valence-corrected chi connectivity index (χ1v) is 7.81. The Balaban J connectivity index is 2.33. The second kappa shape index (κ2) is 5.52. The van der Waals surface area contributed by atoms with Gasteiger partial charge in [0.2, 0.25) is 10.0 Å². The SMILES string of the molecule is Cn1c(CO)cnc1Sc1ccc(S(N)(=O)=O)cc1F. The van der Waals surface area contributed by atoms with Crippen LogP contribution in [0.1, 0.15) is 5.69 Å². The molecule has 3 N–H and O–H groups in total. The summed E-state index contributed by atoms with van der Waals surface area (Å²) >= 11 is 1.03. The number of sulfonamides is 1. The van der Waals surface area contributed by atoms with Gasteiger partial charge in [0, 0.05) is 7.05 Å². The molecule has 0 amide bonds. The molecule has 0 aliphatic heterocycles. The lowest BCUT2D eigenvalue weighted by atomic mass is 10.3. The topological polar surface area (TPSA) is 98.2 Å². The average Bonchev–Trinajstić information content (AvgIpc) is 2.71. The van der Waals surface area contributed by atoms with E-state index in [2.05, 4.69) is 4.98 Å². The maximum Gasteiger partial charge on any atom is 0.238 e. The van der Waals surface area contributed by atoms with Crippen molar-refractivity contribution in [2.75, 3.05) is 0 Å². The zero-order chi connectivity index (χ0) is 14.9. The van der Waals surface area contributed by atoms with Crippen molar-refractivity contribution in [1.29, 1.82) is 0 Å². The van der Waals surface area contributed by atoms with Gasteiger partial charge in [-0.05, 0) is 30.0 Å². The van der Waals surface area contributed by atoms with Gasteiger partial charge in [-0.2, -0.15) is 0 Å². The summed E-state index contributed by atoms with van der Waals surface area (Å²) in [5, 5.41) is 14.5. The first-order valence-electron chi connectivity index (χ1n) is 5.44. The predicted octanol–water partition coefficient (Wildman–Crippen LogP) is 0.850. The quantitative estimate of drug-likeness (QED) is 0.871. The van der Waals surface area contributed by atoms with Crippen molar-refractivity contribution in [2.24, 2.45) is 12.2 Å². The van der Waals surface area contributed by atoms with Crippen LogP contribution in [0.15, 0.2) is 39.3 Å². The number of hydrogen-bond acceptors (Lipinski definition) is 5. The fourth-order valence-corrected chi connectivity index (χ4v) is 2.88. The van der Waals surface area contributed by atoms with E-state index >= 15 is 0 Å². The van der Waals surface area contributed by atoms with Crippen LogP contribution in [0.3, 0.4) is 0 Å². The average molecular weight is 317 g/mol. The van der Waals surface area contributed by atoms with E-state index in [1.54, 1.807) is 11.6 Å². The van der Waals surface area contributed by atoms with Crippen LogP contribution in [0.2, 0.25) is 0 Å². The molecule has 2 aromatic rings. The first kappa shape index (κ1) is 15.0. The number of rotatable bonds is 4. The number of nitrogens with zero attached hydrogens (tertiary/aromatic N) is 2. The molecule has 0 unspecified atom stereocenters. The monoisotopic (exact) mass is 317 g/mol. The van der Waals surface area contributed by atoms with Crippen molar-refractivity contribution < 1.29 is 17.9 Å². The largest absolute Gasteiger partial charge is 0.390 e. The van der Waals surface area contributed by atoms with Crippen molar-refractivity contribution in [3.8, 4) is 0 Å². The number of aliphatic hydroxyl groups is 1. The fraction of sp³-hybridized carbons (Fsp3) is 0.182. The number of hydrogen-bond donors (Lipinski definition) is 2. The minimum atomic E-state index is -3.93. The van der Waals surface area contributed by atoms with Gasteiger partial charge in [-0.15, -0.1) is 0 Å². The van der Waals surface area contributed by atoms with Crippen LogP contribution >= 0.6 is 11.8 Å². The van der Waals surface area contributed by atoms with E-state index in [0.717, 1.165) is 17.8 Å². The molecule has 0 bridgehead atoms. The molecule has 0 saturated carbocycles. The molecule has 0 aliphatic carbocycles. The van der Waals surface area contributed by atoms with Crippen LogP contribution < -0.4 is 5.14 Å². The molecule has 9 heteroatoms. The Labute approximate surface area is 119 Å². The third-order valence-electron chi connectivity index (χ3n) is 2.64. The van der Waals surface area contributed by atoms with Crippen molar-refractivity contribution in [1.82, 2.24) is 9.55 Å². The highest BCUT2D eigenvalue weighted by Gasteiger charge is 2.14. The second-order valence-corrected chi connectivity index (χ2v) is 6.56. The van der Waals surface area contributed by atoms with Crippen LogP contribution in [-0.2, 0) is 23.7 Å². The molecule has 0 atom stereocenters. The molecule has 1 aromatic carbocycles. The molecule has 6 nitrogen and oxygen atoms in total. The van der Waals surface area contributed by atoms with E-state index in [-0.39, 0.29) is 16.4 Å². The molecule has 2 rings (SSSR count). The van der Waals surface area contributed by atoms with E-state index < -0.39 is 15.8 Å². The molecule has 1 heterocycles. The summed E-state index contributed by atoms with van der Waals surface area (Å²) in [7, 11) is -2.23. The molecule has 0 radical (unpaired) electrons. The third-order valence-corrected chi connectivity index (χ3v) is 4.66. The zero-order valence-corrected chi connectivity index (χ0v) is 12.1. The molecule has 0 aliphatic rings. The smallest absolute Gasteiger partial charge is 0.238 e. The summed E-state index contributed by atoms with van der Waals surface area (Å²) in [5.41, 5.74) is 0.592. The number of aromatic nitrogens is 2. The maximum absolute atomic E-state index is 13.9. The van der Waals surface area contributed by atoms with E-state index in [1.165, 1.54) is 18.3 Å². The first-order chi connectivity index (χ1) is 9.32. The van der Waals surface area contributed by atoms with Gasteiger partial charge in [0.05, 0.1) is 28.3 Å². The lowest BCUT2D eigenvalue weighted by Crippen LogP contribution is -2.12. The van der Waals surface area contributed by atoms with Crippen molar-refractivity contribution >= 4 is 21.8 Å². The fourth-order valence-electron chi connectivity index (χ4n) is 1.51. The van der Waals surface area contributed by atoms with Gasteiger partial charge in [0.25, 0.3) is 0 Å². The Bertz CT molecular complexity index is 743. The minimum absolute atomic E-state index is 0.170. The van der Waals surface area contributed by atoms with Crippen molar-refractivity contribution in [2.45, 2.75) is 21.6 Å². The lowest BCUT2D eigenvalue weighted by molar-refractivity contribution is 0.271. The summed E-state index contributed by atoms with van der Waals surface area (Å²) in [5.74, 6) is -0.699. The molecule has 108 valence electrons. The number of aliphatic hydroxyl groups excluding tert-OH is 1. The van der Waals surface area contributed by atoms with E-state index in [1.807, 2.05) is 0 Å². The molecular formula is C11H12FN3O3S2. The highest BCUT2D eigenvalue weighted by atomic mass is 32.2. The van der Waals surface area contributed by atoms with Crippen LogP contribution in [0.5, 0.6) is 0 Å². The highest BCUT2D eigenvalue weighted by Crippen LogP contribution is 2.30. The second-order valence-electron chi connectivity index (χ2n) is 3.99. The third kappa shape index (κ3) is 3.01. The van der Waals surface area contributed by atoms with Crippen LogP contribution in [0.25, 0.3) is 0 Å². The van der Waals surface area contributed by atoms with Crippen molar-refractivity contribution in [3.05, 3.63) is 35.9 Å². The zero-order valence-electron chi connectivity index (χ0n) is 10.4. The maximum atomic E-state index is 13.9. The summed E-state index contributed by atoms with van der Waals surface area (Å²) in [6.45, 7) is -0.170. The number of halogens is 1. The summed E-state index contributed by atoms with van der Waals surface area (Å²) in [6.07, 6.45) is 1.49. The van der Waals surface area contributed by atoms with E-state index in [4.69, 9.17) is 10.2 Å². The standard InChI is InChI=1S/C11H12FN3O3S2/c1-15-7(6-16)5-14-11(15)19-10-3-2-8(4-9(10)12)20(13,17)18/h2-5,16H,6H2,1H3,(H2,13,17,18). The Morgan fingerprint density at radius 3 is 2.70 bits per heavy atom. The molecule has 0 spiro atoms. The highest BCUT2D eigenvalue weighted by molar-refractivity contribution is 7.99. The molecule has 0 saturated heterocycles. The van der Waals surface area contributed by atoms with Crippen LogP contribution in [0.4, 0.5) is 4.39 Å². The van der Waals surface area contributed by atoms with Gasteiger partial charge in [-0.1, -0.05) is 0 Å². The minimum Gasteiger partial charge on any atom is -0.390 e. The number of primary sulfonamides is 1. The van der Waals surface area contributed by atoms with E-state index in [9.17, 15) is 12.8 Å². The summed E-state index contributed by atoms with van der Waals surface area (Å²) in [4.78, 5) is 3.99. The van der Waals surface area contributed by atoms with Crippen molar-refractivity contribution in [3.63, 3.8) is 0 Å². The summed E-state index contributed by atoms with van der Waals surface area (Å²) < 4.78 is 37.7. The number of benzene rings is 1. The molecule has 1 aromatic heterocycles. The Morgan fingerprint density at radius 2 is 2.20 bits per heavy atom. The predicted molar refractivity (Wildman–Crippen MR) is 71.0 cm³/mol. The Kier molecular flexibility index (Phi) is 4.14. The van der Waals surface area contributed by atoms with Crippen LogP contribution in [-0.4, -0.2) is 23.1 Å². The Hall–Kier alpha value is -1.42. The van der Waals surface area contributed by atoms with Gasteiger partial charge < -0.3 is 9.67 Å². The number of nitrogens with two attached hydrogens (primary N) is 1. The van der Waals surface area contributed by atoms with E-state index in [0.29, 0.717) is 10.9 Å². The van der Waals surface area contributed by atoms with Gasteiger partial charge in [-0.25, -0.2) is 22.9 Å². The normalized spacial score (nSPS) is 11.8. The molecule has 20 heavy (non-hydrogen) atoms. The summed E-state index contributed by atoms with van der Waals surface area (Å²) in [6, 6.07) is 3.43. The van der Waals surface area contributed by atoms with Crippen LogP contribution in [0, 0.1) is 5.82 Å². The van der Waals surface area contributed by atoms with Gasteiger partial charge in [0.15, 0.2) is 5.16 Å². The Morgan fingerprint density at radius 1 is 1.50 bits per heavy atom.